The van der Waals surface area contributed by atoms with E-state index in [4.69, 9.17) is 4.74 Å². The molecule has 9 heteroatoms. The largest absolute Gasteiger partial charge is 0.507 e. The predicted octanol–water partition coefficient (Wildman–Crippen LogP) is 3.27. The number of carbonyl (C=O) groups is 5. The molecule has 4 rings (SSSR count). The van der Waals surface area contributed by atoms with Crippen LogP contribution in [0.25, 0.3) is 0 Å². The molecule has 196 valence electrons. The Bertz CT molecular complexity index is 1250. The van der Waals surface area contributed by atoms with Crippen molar-refractivity contribution in [3.63, 3.8) is 0 Å². The Labute approximate surface area is 214 Å². The Kier molecular flexibility index (Phi) is 8.60. The number of phenols is 1. The molecule has 0 saturated carbocycles. The highest BCUT2D eigenvalue weighted by Gasteiger charge is 2.33. The second-order valence-corrected chi connectivity index (χ2v) is 9.35. The number of carbonyl (C=O) groups excluding carboxylic acids is 5. The first-order chi connectivity index (χ1) is 17.4. The smallest absolute Gasteiger partial charge is 0.333 e. The van der Waals surface area contributed by atoms with E-state index in [2.05, 4.69) is 5.32 Å². The second-order valence-electron chi connectivity index (χ2n) is 9.35. The molecule has 2 heterocycles. The van der Waals surface area contributed by atoms with Crippen LogP contribution in [0, 0.1) is 12.8 Å². The maximum absolute atomic E-state index is 13.2. The Morgan fingerprint density at radius 2 is 1.78 bits per heavy atom. The number of hydrogen-bond acceptors (Lipinski definition) is 8. The van der Waals surface area contributed by atoms with E-state index in [0.29, 0.717) is 12.8 Å². The molecule has 37 heavy (non-hydrogen) atoms. The number of ether oxygens (including phenoxy) is 1. The minimum absolute atomic E-state index is 0.0221. The fourth-order valence-electron chi connectivity index (χ4n) is 4.19. The number of Topliss-reactive ketones (excluding diaryl/α,β-unsaturated/α-hetero) is 2. The van der Waals surface area contributed by atoms with Crippen molar-refractivity contribution in [2.45, 2.75) is 65.6 Å². The van der Waals surface area contributed by atoms with Crippen molar-refractivity contribution < 1.29 is 38.9 Å². The van der Waals surface area contributed by atoms with Gasteiger partial charge in [0.2, 0.25) is 11.7 Å². The summed E-state index contributed by atoms with van der Waals surface area (Å²) in [5.74, 6) is -3.67. The molecule has 1 aliphatic carbocycles. The summed E-state index contributed by atoms with van der Waals surface area (Å²) in [6, 6.07) is 1.33. The molecule has 1 aromatic carbocycles. The van der Waals surface area contributed by atoms with E-state index in [1.165, 1.54) is 39.0 Å². The maximum Gasteiger partial charge on any atom is 0.333 e. The van der Waals surface area contributed by atoms with Crippen molar-refractivity contribution in [2.24, 2.45) is 5.92 Å². The SMILES string of the molecule is CCC1/C=C/[C@H](O)[C@H](C)OC(=O)/C(C)=C/CC(=O)NC2=CC(=O)c3c(cc(C)c(O)c3C(=O)CC1)C2=O. The van der Waals surface area contributed by atoms with Crippen molar-refractivity contribution in [3.8, 4) is 5.75 Å². The van der Waals surface area contributed by atoms with E-state index >= 15 is 0 Å². The number of fused-ring (bicyclic) bond motifs is 13. The number of esters is 1. The zero-order valence-corrected chi connectivity index (χ0v) is 21.3. The van der Waals surface area contributed by atoms with Crippen LogP contribution in [0.4, 0.5) is 0 Å². The van der Waals surface area contributed by atoms with Gasteiger partial charge in [0.25, 0.3) is 0 Å². The highest BCUT2D eigenvalue weighted by Crippen LogP contribution is 2.34. The van der Waals surface area contributed by atoms with Crippen LogP contribution in [0.2, 0.25) is 0 Å². The summed E-state index contributed by atoms with van der Waals surface area (Å²) in [6.45, 7) is 6.43. The number of allylic oxidation sites excluding steroid dienone is 3. The number of phenolic OH excluding ortho intramolecular Hbond substituents is 1. The second kappa shape index (κ2) is 11.5. The number of benzene rings is 1. The zero-order valence-electron chi connectivity index (χ0n) is 21.3. The van der Waals surface area contributed by atoms with Crippen LogP contribution in [0.3, 0.4) is 0 Å². The van der Waals surface area contributed by atoms with Crippen molar-refractivity contribution in [2.75, 3.05) is 0 Å². The summed E-state index contributed by atoms with van der Waals surface area (Å²) >= 11 is 0. The summed E-state index contributed by atoms with van der Waals surface area (Å²) in [7, 11) is 0. The number of hydrogen-bond donors (Lipinski definition) is 3. The van der Waals surface area contributed by atoms with Gasteiger partial charge in [-0.1, -0.05) is 25.2 Å². The molecule has 0 saturated heterocycles. The molecule has 0 aromatic heterocycles. The van der Waals surface area contributed by atoms with Crippen LogP contribution in [-0.2, 0) is 14.3 Å². The summed E-state index contributed by atoms with van der Waals surface area (Å²) in [5, 5.41) is 23.5. The van der Waals surface area contributed by atoms with Gasteiger partial charge in [-0.2, -0.15) is 0 Å². The monoisotopic (exact) mass is 509 g/mol. The van der Waals surface area contributed by atoms with Crippen LogP contribution in [-0.4, -0.2) is 51.6 Å². The fraction of sp³-hybridized carbons (Fsp3) is 0.393. The summed E-state index contributed by atoms with van der Waals surface area (Å²) in [4.78, 5) is 64.2. The van der Waals surface area contributed by atoms with Crippen molar-refractivity contribution in [3.05, 3.63) is 63.9 Å². The first-order valence-electron chi connectivity index (χ1n) is 12.2. The number of ketones is 3. The van der Waals surface area contributed by atoms with Crippen LogP contribution in [0.15, 0.2) is 41.6 Å². The van der Waals surface area contributed by atoms with Crippen LogP contribution >= 0.6 is 0 Å². The normalized spacial score (nSPS) is 26.1. The molecule has 1 aromatic rings. The van der Waals surface area contributed by atoms with Gasteiger partial charge in [-0.15, -0.1) is 0 Å². The van der Waals surface area contributed by atoms with Crippen molar-refractivity contribution in [1.82, 2.24) is 5.32 Å². The Morgan fingerprint density at radius 3 is 2.46 bits per heavy atom. The van der Waals surface area contributed by atoms with Crippen LogP contribution in [0.5, 0.6) is 5.75 Å². The van der Waals surface area contributed by atoms with Gasteiger partial charge in [-0.05, 0) is 51.2 Å². The van der Waals surface area contributed by atoms with Crippen molar-refractivity contribution >= 4 is 29.2 Å². The molecule has 1 amide bonds. The number of amides is 1. The molecule has 9 nitrogen and oxygen atoms in total. The van der Waals surface area contributed by atoms with E-state index in [1.54, 1.807) is 6.08 Å². The lowest BCUT2D eigenvalue weighted by atomic mass is 9.84. The molecule has 0 spiro atoms. The summed E-state index contributed by atoms with van der Waals surface area (Å²) < 4.78 is 5.28. The molecule has 0 radical (unpaired) electrons. The minimum Gasteiger partial charge on any atom is -0.507 e. The zero-order chi connectivity index (χ0) is 27.4. The average molecular weight is 510 g/mol. The quantitative estimate of drug-likeness (QED) is 0.386. The van der Waals surface area contributed by atoms with E-state index in [9.17, 15) is 34.2 Å². The van der Waals surface area contributed by atoms with Gasteiger partial charge in [0.1, 0.15) is 18.0 Å². The fourth-order valence-corrected chi connectivity index (χ4v) is 4.19. The van der Waals surface area contributed by atoms with E-state index in [-0.39, 0.29) is 58.0 Å². The Morgan fingerprint density at radius 1 is 1.08 bits per heavy atom. The van der Waals surface area contributed by atoms with Gasteiger partial charge < -0.3 is 20.3 Å². The van der Waals surface area contributed by atoms with E-state index < -0.39 is 41.4 Å². The highest BCUT2D eigenvalue weighted by atomic mass is 16.6. The summed E-state index contributed by atoms with van der Waals surface area (Å²) in [6.07, 6.45) is 4.26. The number of aromatic hydroxyl groups is 1. The van der Waals surface area contributed by atoms with E-state index in [0.717, 1.165) is 6.08 Å². The lowest BCUT2D eigenvalue weighted by molar-refractivity contribution is -0.147. The van der Waals surface area contributed by atoms with Crippen LogP contribution < -0.4 is 5.32 Å². The molecular formula is C28H31NO8. The number of rotatable bonds is 1. The lowest BCUT2D eigenvalue weighted by Gasteiger charge is -2.21. The number of aliphatic hydroxyl groups excluding tert-OH is 1. The molecule has 0 fully saturated rings. The topological polar surface area (TPSA) is 147 Å². The Balaban J connectivity index is 2.06. The summed E-state index contributed by atoms with van der Waals surface area (Å²) in [5.41, 5.74) is -0.339. The molecule has 3 aliphatic rings. The van der Waals surface area contributed by atoms with Gasteiger partial charge in [0.15, 0.2) is 11.6 Å². The lowest BCUT2D eigenvalue weighted by Crippen LogP contribution is -2.32. The van der Waals surface area contributed by atoms with Gasteiger partial charge in [-0.25, -0.2) is 4.79 Å². The molecule has 1 unspecified atom stereocenters. The molecule has 2 aliphatic heterocycles. The number of nitrogens with one attached hydrogen (secondary N) is 1. The predicted molar refractivity (Wildman–Crippen MR) is 134 cm³/mol. The van der Waals surface area contributed by atoms with Crippen molar-refractivity contribution in [1.29, 1.82) is 0 Å². The average Bonchev–Trinajstić information content (AvgIpc) is 2.85. The molecule has 4 bridgehead atoms. The Hall–Kier alpha value is -3.85. The molecule has 3 N–H and O–H groups in total. The first kappa shape index (κ1) is 27.7. The van der Waals surface area contributed by atoms with Gasteiger partial charge in [0.05, 0.1) is 11.3 Å². The minimum atomic E-state index is -1.09. The number of aryl methyl sites for hydroxylation is 1. The molecule has 3 atom stereocenters. The highest BCUT2D eigenvalue weighted by molar-refractivity contribution is 6.28. The molecular weight excluding hydrogens is 478 g/mol. The standard InChI is InChI=1S/C28H31NO8/c1-5-17-7-9-20(30)16(4)37-28(36)14(2)6-11-23(33)29-19-13-22(32)24-18(27(19)35)12-15(3)26(34)25(24)21(31)10-8-17/h6-7,9,12-13,16-17,20,30,34H,5,8,10-11H2,1-4H3,(H,29,33)/b9-7+,14-6+/t16-,17?,20-/m0/s1. The first-order valence-corrected chi connectivity index (χ1v) is 12.2. The van der Waals surface area contributed by atoms with Gasteiger partial charge >= 0.3 is 5.97 Å². The third-order valence-corrected chi connectivity index (χ3v) is 6.59. The third kappa shape index (κ3) is 6.11. The van der Waals surface area contributed by atoms with Crippen LogP contribution in [0.1, 0.15) is 83.1 Å². The maximum atomic E-state index is 13.2. The third-order valence-electron chi connectivity index (χ3n) is 6.59. The van der Waals surface area contributed by atoms with Gasteiger partial charge in [-0.3, -0.25) is 19.2 Å². The van der Waals surface area contributed by atoms with Gasteiger partial charge in [0, 0.05) is 35.6 Å². The van der Waals surface area contributed by atoms with E-state index in [1.807, 2.05) is 6.92 Å². The number of aliphatic hydroxyl groups is 1.